The predicted molar refractivity (Wildman–Crippen MR) is 157 cm³/mol. The molecular formula is C28H32ClF2N9O3. The third-order valence-electron chi connectivity index (χ3n) is 7.34. The van der Waals surface area contributed by atoms with E-state index in [4.69, 9.17) is 27.2 Å². The molecule has 43 heavy (non-hydrogen) atoms. The fraction of sp³-hybridized carbons (Fsp3) is 0.393. The zero-order valence-electron chi connectivity index (χ0n) is 23.7. The Kier molecular flexibility index (Phi) is 9.06. The average Bonchev–Trinajstić information content (AvgIpc) is 3.54. The number of anilines is 2. The van der Waals surface area contributed by atoms with E-state index in [-0.39, 0.29) is 56.7 Å². The molecule has 0 radical (unpaired) electrons. The molecule has 0 spiro atoms. The van der Waals surface area contributed by atoms with Crippen LogP contribution in [0.25, 0.3) is 16.9 Å². The number of halogens is 3. The van der Waals surface area contributed by atoms with Gasteiger partial charge in [-0.3, -0.25) is 14.3 Å². The van der Waals surface area contributed by atoms with E-state index in [1.54, 1.807) is 42.1 Å². The molecule has 1 aromatic carbocycles. The van der Waals surface area contributed by atoms with Crippen LogP contribution in [0.4, 0.5) is 20.3 Å². The van der Waals surface area contributed by atoms with Gasteiger partial charge in [0.25, 0.3) is 5.91 Å². The standard InChI is InChI=1S/C28H32ClF2N9O3/c1-37(2)22(41)5-3-11-38-13-8-18(9-14-38)40-16-20(24(35-40)19-15-17(29)6-7-21(19)43-28(30)31)34-27(42)23-25(32)36-39-12-4-10-33-26(23)39/h4,6-7,10,12,15-16,18,28H,3,5,8-9,11,13-14H2,1-2H3,(H2,32,36)(H,34,42). The molecule has 3 aromatic heterocycles. The minimum Gasteiger partial charge on any atom is -0.434 e. The first-order valence-electron chi connectivity index (χ1n) is 13.8. The van der Waals surface area contributed by atoms with Gasteiger partial charge in [-0.2, -0.15) is 13.9 Å². The van der Waals surface area contributed by atoms with Crippen LogP contribution in [0.1, 0.15) is 42.1 Å². The molecule has 0 unspecified atom stereocenters. The van der Waals surface area contributed by atoms with Gasteiger partial charge in [0.2, 0.25) is 5.91 Å². The molecule has 1 aliphatic heterocycles. The van der Waals surface area contributed by atoms with Crippen molar-refractivity contribution in [2.24, 2.45) is 0 Å². The lowest BCUT2D eigenvalue weighted by atomic mass is 10.0. The van der Waals surface area contributed by atoms with Crippen LogP contribution in [0.3, 0.4) is 0 Å². The summed E-state index contributed by atoms with van der Waals surface area (Å²) in [6.07, 6.45) is 7.59. The monoisotopic (exact) mass is 615 g/mol. The third kappa shape index (κ3) is 6.86. The molecule has 15 heteroatoms. The van der Waals surface area contributed by atoms with E-state index in [1.165, 1.54) is 28.9 Å². The van der Waals surface area contributed by atoms with Gasteiger partial charge < -0.3 is 25.6 Å². The smallest absolute Gasteiger partial charge is 0.387 e. The molecule has 4 aromatic rings. The number of amides is 2. The quantitative estimate of drug-likeness (QED) is 0.271. The molecule has 4 heterocycles. The number of rotatable bonds is 10. The lowest BCUT2D eigenvalue weighted by Crippen LogP contribution is -2.36. The van der Waals surface area contributed by atoms with Crippen molar-refractivity contribution in [2.45, 2.75) is 38.3 Å². The number of aromatic nitrogens is 5. The highest BCUT2D eigenvalue weighted by atomic mass is 35.5. The Morgan fingerprint density at radius 1 is 1.23 bits per heavy atom. The lowest BCUT2D eigenvalue weighted by Gasteiger charge is -2.32. The van der Waals surface area contributed by atoms with Crippen LogP contribution in [0, 0.1) is 0 Å². The lowest BCUT2D eigenvalue weighted by molar-refractivity contribution is -0.128. The molecule has 228 valence electrons. The summed E-state index contributed by atoms with van der Waals surface area (Å²) < 4.78 is 34.5. The topological polar surface area (TPSA) is 136 Å². The number of likely N-dealkylation sites (tertiary alicyclic amines) is 1. The Balaban J connectivity index is 1.42. The Morgan fingerprint density at radius 2 is 2.00 bits per heavy atom. The van der Waals surface area contributed by atoms with Crippen molar-refractivity contribution in [2.75, 3.05) is 44.8 Å². The Labute approximate surface area is 251 Å². The van der Waals surface area contributed by atoms with Gasteiger partial charge in [0, 0.05) is 62.8 Å². The minimum atomic E-state index is -3.08. The number of benzene rings is 1. The molecule has 0 bridgehead atoms. The van der Waals surface area contributed by atoms with E-state index in [9.17, 15) is 18.4 Å². The van der Waals surface area contributed by atoms with Crippen LogP contribution in [0.2, 0.25) is 5.02 Å². The summed E-state index contributed by atoms with van der Waals surface area (Å²) >= 11 is 6.25. The number of fused-ring (bicyclic) bond motifs is 1. The van der Waals surface area contributed by atoms with Gasteiger partial charge in [0.1, 0.15) is 17.0 Å². The van der Waals surface area contributed by atoms with Crippen LogP contribution in [-0.4, -0.2) is 86.3 Å². The highest BCUT2D eigenvalue weighted by Crippen LogP contribution is 2.38. The number of nitrogens with two attached hydrogens (primary N) is 1. The molecular weight excluding hydrogens is 584 g/mol. The summed E-state index contributed by atoms with van der Waals surface area (Å²) in [5.41, 5.74) is 7.04. The highest BCUT2D eigenvalue weighted by molar-refractivity contribution is 6.31. The second kappa shape index (κ2) is 12.9. The molecule has 2 amide bonds. The van der Waals surface area contributed by atoms with Crippen molar-refractivity contribution in [1.29, 1.82) is 0 Å². The summed E-state index contributed by atoms with van der Waals surface area (Å²) in [4.78, 5) is 33.5. The minimum absolute atomic E-state index is 0.0192. The van der Waals surface area contributed by atoms with Crippen LogP contribution in [0.15, 0.2) is 42.9 Å². The summed E-state index contributed by atoms with van der Waals surface area (Å²) in [5.74, 6) is -0.646. The fourth-order valence-corrected chi connectivity index (χ4v) is 5.32. The Morgan fingerprint density at radius 3 is 2.72 bits per heavy atom. The summed E-state index contributed by atoms with van der Waals surface area (Å²) in [6.45, 7) is -0.690. The number of hydrogen-bond donors (Lipinski definition) is 2. The first kappa shape index (κ1) is 30.2. The van der Waals surface area contributed by atoms with E-state index in [0.717, 1.165) is 38.9 Å². The molecule has 1 saturated heterocycles. The number of nitrogens with zero attached hydrogens (tertiary/aromatic N) is 7. The molecule has 0 atom stereocenters. The summed E-state index contributed by atoms with van der Waals surface area (Å²) in [5, 5.41) is 12.0. The largest absolute Gasteiger partial charge is 0.434 e. The third-order valence-corrected chi connectivity index (χ3v) is 7.57. The van der Waals surface area contributed by atoms with E-state index in [0.29, 0.717) is 6.42 Å². The molecule has 5 rings (SSSR count). The van der Waals surface area contributed by atoms with Gasteiger partial charge in [-0.1, -0.05) is 11.6 Å². The first-order valence-corrected chi connectivity index (χ1v) is 14.1. The number of ether oxygens (including phenoxy) is 1. The van der Waals surface area contributed by atoms with Crippen molar-refractivity contribution in [3.63, 3.8) is 0 Å². The maximum Gasteiger partial charge on any atom is 0.387 e. The normalized spacial score (nSPS) is 14.4. The van der Waals surface area contributed by atoms with E-state index in [2.05, 4.69) is 20.3 Å². The molecule has 1 aliphatic rings. The van der Waals surface area contributed by atoms with E-state index in [1.807, 2.05) is 0 Å². The first-order chi connectivity index (χ1) is 20.6. The number of carbonyl (C=O) groups excluding carboxylic acids is 2. The van der Waals surface area contributed by atoms with Crippen LogP contribution in [-0.2, 0) is 4.79 Å². The molecule has 1 fully saturated rings. The van der Waals surface area contributed by atoms with Crippen molar-refractivity contribution < 1.29 is 23.1 Å². The van der Waals surface area contributed by atoms with Crippen molar-refractivity contribution >= 4 is 40.6 Å². The highest BCUT2D eigenvalue weighted by Gasteiger charge is 2.27. The second-order valence-corrected chi connectivity index (χ2v) is 10.9. The van der Waals surface area contributed by atoms with Crippen molar-refractivity contribution in [1.82, 2.24) is 34.2 Å². The van der Waals surface area contributed by atoms with Gasteiger partial charge in [-0.25, -0.2) is 9.50 Å². The zero-order chi connectivity index (χ0) is 30.7. The molecule has 12 nitrogen and oxygen atoms in total. The number of piperidine rings is 1. The number of nitrogens with one attached hydrogen (secondary N) is 1. The summed E-state index contributed by atoms with van der Waals surface area (Å²) in [7, 11) is 3.50. The van der Waals surface area contributed by atoms with Gasteiger partial charge >= 0.3 is 6.61 Å². The zero-order valence-corrected chi connectivity index (χ0v) is 24.5. The molecule has 0 aliphatic carbocycles. The predicted octanol–water partition coefficient (Wildman–Crippen LogP) is 4.19. The average molecular weight is 616 g/mol. The van der Waals surface area contributed by atoms with Gasteiger partial charge in [-0.05, 0) is 50.1 Å². The van der Waals surface area contributed by atoms with Gasteiger partial charge in [0.05, 0.1) is 11.7 Å². The number of carbonyl (C=O) groups is 2. The number of nitrogen functional groups attached to an aromatic ring is 1. The van der Waals surface area contributed by atoms with Crippen LogP contribution in [0.5, 0.6) is 5.75 Å². The number of hydrogen-bond acceptors (Lipinski definition) is 8. The SMILES string of the molecule is CN(C)C(=O)CCCN1CCC(n2cc(NC(=O)c3c(N)nn4cccnc34)c(-c3cc(Cl)ccc3OC(F)F)n2)CC1. The van der Waals surface area contributed by atoms with Crippen LogP contribution >= 0.6 is 11.6 Å². The molecule has 0 saturated carbocycles. The van der Waals surface area contributed by atoms with E-state index < -0.39 is 12.5 Å². The maximum atomic E-state index is 13.5. The number of alkyl halides is 2. The molecule has 3 N–H and O–H groups in total. The Bertz CT molecular complexity index is 1620. The van der Waals surface area contributed by atoms with Gasteiger partial charge in [-0.15, -0.1) is 5.10 Å². The van der Waals surface area contributed by atoms with E-state index >= 15 is 0 Å². The van der Waals surface area contributed by atoms with Gasteiger partial charge in [0.15, 0.2) is 11.5 Å². The Hall–Kier alpha value is -4.30. The van der Waals surface area contributed by atoms with Crippen LogP contribution < -0.4 is 15.8 Å². The fourth-order valence-electron chi connectivity index (χ4n) is 5.15. The second-order valence-electron chi connectivity index (χ2n) is 10.5. The van der Waals surface area contributed by atoms with Crippen molar-refractivity contribution in [3.05, 3.63) is 53.4 Å². The van der Waals surface area contributed by atoms with Crippen molar-refractivity contribution in [3.8, 4) is 17.0 Å². The maximum absolute atomic E-state index is 13.5. The summed E-state index contributed by atoms with van der Waals surface area (Å²) in [6, 6.07) is 5.87.